The molecule has 166 valence electrons. The van der Waals surface area contributed by atoms with Gasteiger partial charge >= 0.3 is 0 Å². The van der Waals surface area contributed by atoms with Crippen LogP contribution in [0.25, 0.3) is 11.0 Å². The molecule has 2 atom stereocenters. The maximum atomic E-state index is 13.2. The number of carbonyl (C=O) groups is 1. The van der Waals surface area contributed by atoms with Gasteiger partial charge in [-0.05, 0) is 37.5 Å². The first-order chi connectivity index (χ1) is 13.6. The molecule has 2 aliphatic carbocycles. The third kappa shape index (κ3) is 3.97. The summed E-state index contributed by atoms with van der Waals surface area (Å²) in [4.78, 5) is 26.3. The highest BCUT2D eigenvalue weighted by molar-refractivity contribution is 5.87. The summed E-state index contributed by atoms with van der Waals surface area (Å²) in [5, 5.41) is 5.27. The highest BCUT2D eigenvalue weighted by Gasteiger charge is 2.42. The van der Waals surface area contributed by atoms with Gasteiger partial charge in [-0.2, -0.15) is 5.10 Å². The molecule has 0 spiro atoms. The maximum Gasteiger partial charge on any atom is 0.225 e. The normalized spacial score (nSPS) is 28.6. The molecular formula is C20H31Cl2N7O. The average molecular weight is 456 g/mol. The molecule has 2 aromatic rings. The van der Waals surface area contributed by atoms with Crippen LogP contribution in [0.1, 0.15) is 32.1 Å². The van der Waals surface area contributed by atoms with Crippen LogP contribution in [-0.2, 0) is 11.8 Å². The number of anilines is 1. The molecule has 3 heterocycles. The van der Waals surface area contributed by atoms with Crippen molar-refractivity contribution in [3.63, 3.8) is 0 Å². The van der Waals surface area contributed by atoms with Crippen LogP contribution in [0.15, 0.2) is 12.5 Å². The van der Waals surface area contributed by atoms with Crippen LogP contribution in [0.4, 0.5) is 5.82 Å². The molecule has 10 heteroatoms. The summed E-state index contributed by atoms with van der Waals surface area (Å²) in [5.41, 5.74) is 7.25. The molecule has 2 saturated carbocycles. The summed E-state index contributed by atoms with van der Waals surface area (Å²) in [6.45, 7) is 3.10. The molecule has 2 bridgehead atoms. The molecule has 1 aliphatic heterocycles. The van der Waals surface area contributed by atoms with Crippen molar-refractivity contribution in [1.29, 1.82) is 0 Å². The van der Waals surface area contributed by atoms with E-state index >= 15 is 0 Å². The Morgan fingerprint density at radius 2 is 1.73 bits per heavy atom. The standard InChI is InChI=1S/C20H29N7O.2ClH/c1-25-18-16(11-24-25)19(23-12-22-18)26-5-7-27(8-6-26)20(28)15-9-13-3-2-4-14(10-15)17(13)21;;/h11-15,17H,2-10,21H2,1H3;2*1H. The number of nitrogens with zero attached hydrogens (tertiary/aromatic N) is 6. The van der Waals surface area contributed by atoms with Crippen LogP contribution in [-0.4, -0.2) is 62.8 Å². The predicted octanol–water partition coefficient (Wildman–Crippen LogP) is 2.01. The Morgan fingerprint density at radius 3 is 2.40 bits per heavy atom. The molecule has 2 unspecified atom stereocenters. The first-order valence-corrected chi connectivity index (χ1v) is 10.5. The summed E-state index contributed by atoms with van der Waals surface area (Å²) in [6, 6.07) is 0.314. The summed E-state index contributed by atoms with van der Waals surface area (Å²) in [6.07, 6.45) is 9.07. The molecule has 1 amide bonds. The summed E-state index contributed by atoms with van der Waals surface area (Å²) in [7, 11) is 1.89. The Morgan fingerprint density at radius 1 is 1.07 bits per heavy atom. The number of hydrogen-bond acceptors (Lipinski definition) is 6. The first kappa shape index (κ1) is 23.0. The Labute approximate surface area is 189 Å². The Bertz CT molecular complexity index is 869. The minimum atomic E-state index is 0. The van der Waals surface area contributed by atoms with E-state index in [-0.39, 0.29) is 30.7 Å². The van der Waals surface area contributed by atoms with Gasteiger partial charge in [-0.1, -0.05) is 6.42 Å². The van der Waals surface area contributed by atoms with E-state index < -0.39 is 0 Å². The lowest BCUT2D eigenvalue weighted by Crippen LogP contribution is -2.53. The zero-order valence-electron chi connectivity index (χ0n) is 17.3. The number of halogens is 2. The zero-order valence-corrected chi connectivity index (χ0v) is 18.9. The lowest BCUT2D eigenvalue weighted by atomic mass is 9.65. The number of aromatic nitrogens is 4. The highest BCUT2D eigenvalue weighted by atomic mass is 35.5. The fourth-order valence-corrected chi connectivity index (χ4v) is 5.59. The number of aryl methyl sites for hydroxylation is 1. The highest BCUT2D eigenvalue weighted by Crippen LogP contribution is 2.42. The van der Waals surface area contributed by atoms with E-state index in [9.17, 15) is 4.79 Å². The van der Waals surface area contributed by atoms with Crippen LogP contribution in [0, 0.1) is 17.8 Å². The number of rotatable bonds is 2. The first-order valence-electron chi connectivity index (χ1n) is 10.5. The van der Waals surface area contributed by atoms with E-state index in [0.29, 0.717) is 23.8 Å². The SMILES string of the molecule is Cl.Cl.Cn1ncc2c(N3CCN(C(=O)C4CC5CCCC(C4)C5N)CC3)ncnc21. The zero-order chi connectivity index (χ0) is 19.3. The van der Waals surface area contributed by atoms with Crippen molar-refractivity contribution in [3.8, 4) is 0 Å². The van der Waals surface area contributed by atoms with E-state index in [2.05, 4.69) is 24.9 Å². The molecule has 1 saturated heterocycles. The van der Waals surface area contributed by atoms with Crippen molar-refractivity contribution < 1.29 is 4.79 Å². The largest absolute Gasteiger partial charge is 0.352 e. The minimum absolute atomic E-state index is 0. The molecule has 3 fully saturated rings. The Hall–Kier alpha value is -1.64. The van der Waals surface area contributed by atoms with Crippen molar-refractivity contribution in [1.82, 2.24) is 24.6 Å². The number of fused-ring (bicyclic) bond motifs is 3. The van der Waals surface area contributed by atoms with E-state index in [4.69, 9.17) is 5.73 Å². The van der Waals surface area contributed by atoms with E-state index in [1.54, 1.807) is 11.0 Å². The van der Waals surface area contributed by atoms with Gasteiger partial charge in [-0.15, -0.1) is 24.8 Å². The molecule has 2 aromatic heterocycles. The van der Waals surface area contributed by atoms with E-state index in [1.165, 1.54) is 19.3 Å². The number of nitrogens with two attached hydrogens (primary N) is 1. The van der Waals surface area contributed by atoms with Crippen molar-refractivity contribution in [3.05, 3.63) is 12.5 Å². The monoisotopic (exact) mass is 455 g/mol. The Kier molecular flexibility index (Phi) is 7.09. The van der Waals surface area contributed by atoms with Crippen molar-refractivity contribution >= 4 is 47.6 Å². The number of piperazine rings is 1. The van der Waals surface area contributed by atoms with Crippen molar-refractivity contribution in [2.75, 3.05) is 31.1 Å². The summed E-state index contributed by atoms with van der Waals surface area (Å²) in [5.74, 6) is 2.53. The average Bonchev–Trinajstić information content (AvgIpc) is 3.09. The molecule has 3 aliphatic rings. The third-order valence-electron chi connectivity index (χ3n) is 7.16. The number of amides is 1. The molecule has 5 rings (SSSR count). The molecule has 0 radical (unpaired) electrons. The van der Waals surface area contributed by atoms with Gasteiger partial charge in [0.2, 0.25) is 5.91 Å². The predicted molar refractivity (Wildman–Crippen MR) is 121 cm³/mol. The van der Waals surface area contributed by atoms with Crippen LogP contribution < -0.4 is 10.6 Å². The number of carbonyl (C=O) groups excluding carboxylic acids is 1. The third-order valence-corrected chi connectivity index (χ3v) is 7.16. The van der Waals surface area contributed by atoms with Crippen LogP contribution in [0.3, 0.4) is 0 Å². The minimum Gasteiger partial charge on any atom is -0.352 e. The van der Waals surface area contributed by atoms with Crippen LogP contribution in [0.5, 0.6) is 0 Å². The molecule has 2 N–H and O–H groups in total. The second-order valence-corrected chi connectivity index (χ2v) is 8.71. The lowest BCUT2D eigenvalue weighted by molar-refractivity contribution is -0.138. The fourth-order valence-electron chi connectivity index (χ4n) is 5.59. The van der Waals surface area contributed by atoms with Gasteiger partial charge in [0.25, 0.3) is 0 Å². The second kappa shape index (κ2) is 9.24. The molecule has 30 heavy (non-hydrogen) atoms. The van der Waals surface area contributed by atoms with Crippen molar-refractivity contribution in [2.24, 2.45) is 30.5 Å². The maximum absolute atomic E-state index is 13.2. The Balaban J connectivity index is 0.00000128. The second-order valence-electron chi connectivity index (χ2n) is 8.71. The fraction of sp³-hybridized carbons (Fsp3) is 0.700. The van der Waals surface area contributed by atoms with E-state index in [1.807, 2.05) is 13.2 Å². The van der Waals surface area contributed by atoms with Crippen LogP contribution >= 0.6 is 24.8 Å². The number of hydrogen-bond donors (Lipinski definition) is 1. The van der Waals surface area contributed by atoms with Gasteiger partial charge < -0.3 is 15.5 Å². The molecule has 8 nitrogen and oxygen atoms in total. The summed E-state index contributed by atoms with van der Waals surface area (Å²) >= 11 is 0. The lowest BCUT2D eigenvalue weighted by Gasteiger charge is -2.45. The van der Waals surface area contributed by atoms with Gasteiger partial charge in [-0.3, -0.25) is 9.48 Å². The molecule has 0 aromatic carbocycles. The van der Waals surface area contributed by atoms with E-state index in [0.717, 1.165) is 55.9 Å². The van der Waals surface area contributed by atoms with Gasteiger partial charge in [-0.25, -0.2) is 9.97 Å². The topological polar surface area (TPSA) is 93.2 Å². The van der Waals surface area contributed by atoms with Gasteiger partial charge in [0.05, 0.1) is 11.6 Å². The van der Waals surface area contributed by atoms with Crippen molar-refractivity contribution in [2.45, 2.75) is 38.1 Å². The van der Waals surface area contributed by atoms with Gasteiger partial charge in [0.1, 0.15) is 12.1 Å². The van der Waals surface area contributed by atoms with Gasteiger partial charge in [0.15, 0.2) is 5.65 Å². The molecular weight excluding hydrogens is 425 g/mol. The quantitative estimate of drug-likeness (QED) is 0.743. The van der Waals surface area contributed by atoms with Crippen LogP contribution in [0.2, 0.25) is 0 Å². The smallest absolute Gasteiger partial charge is 0.225 e. The summed E-state index contributed by atoms with van der Waals surface area (Å²) < 4.78 is 1.77. The van der Waals surface area contributed by atoms with Gasteiger partial charge in [0, 0.05) is 45.2 Å².